The first-order chi connectivity index (χ1) is 14.5. The smallest absolute Gasteiger partial charge is 0.242 e. The van der Waals surface area contributed by atoms with Crippen LogP contribution in [0.5, 0.6) is 0 Å². The molecule has 1 aliphatic rings. The van der Waals surface area contributed by atoms with Gasteiger partial charge in [-0.25, -0.2) is 0 Å². The minimum Gasteiger partial charge on any atom is -0.352 e. The lowest BCUT2D eigenvalue weighted by Gasteiger charge is -2.29. The molecule has 0 saturated heterocycles. The first kappa shape index (κ1) is 22.7. The molecule has 0 aliphatic heterocycles. The lowest BCUT2D eigenvalue weighted by atomic mass is 10.1. The van der Waals surface area contributed by atoms with Crippen LogP contribution in [0.25, 0.3) is 0 Å². The Labute approximate surface area is 188 Å². The molecule has 2 aromatic carbocycles. The fraction of sp³-hybridized carbons (Fsp3) is 0.417. The zero-order chi connectivity index (χ0) is 21.3. The van der Waals surface area contributed by atoms with Gasteiger partial charge in [0.15, 0.2) is 0 Å². The molecule has 1 unspecified atom stereocenters. The summed E-state index contributed by atoms with van der Waals surface area (Å²) >= 11 is 7.57. The number of halogens is 1. The lowest BCUT2D eigenvalue weighted by Crippen LogP contribution is -2.50. The molecule has 0 aromatic heterocycles. The molecular weight excluding hydrogens is 416 g/mol. The molecule has 1 N–H and O–H groups in total. The average molecular weight is 445 g/mol. The van der Waals surface area contributed by atoms with Gasteiger partial charge in [0, 0.05) is 23.4 Å². The van der Waals surface area contributed by atoms with E-state index in [4.69, 9.17) is 11.6 Å². The molecule has 1 fully saturated rings. The second kappa shape index (κ2) is 11.4. The number of benzene rings is 2. The molecule has 0 bridgehead atoms. The molecule has 6 heteroatoms. The summed E-state index contributed by atoms with van der Waals surface area (Å²) in [7, 11) is 0. The van der Waals surface area contributed by atoms with Gasteiger partial charge in [0.2, 0.25) is 11.8 Å². The molecule has 30 heavy (non-hydrogen) atoms. The van der Waals surface area contributed by atoms with Crippen molar-refractivity contribution in [2.75, 3.05) is 5.75 Å². The molecule has 1 aliphatic carbocycles. The predicted molar refractivity (Wildman–Crippen MR) is 124 cm³/mol. The van der Waals surface area contributed by atoms with Crippen molar-refractivity contribution in [1.29, 1.82) is 0 Å². The van der Waals surface area contributed by atoms with Crippen LogP contribution < -0.4 is 5.32 Å². The summed E-state index contributed by atoms with van der Waals surface area (Å²) < 4.78 is 0. The van der Waals surface area contributed by atoms with E-state index in [1.165, 1.54) is 5.56 Å². The zero-order valence-corrected chi connectivity index (χ0v) is 18.9. The van der Waals surface area contributed by atoms with Gasteiger partial charge in [-0.05, 0) is 43.0 Å². The molecule has 2 aromatic rings. The van der Waals surface area contributed by atoms with Crippen LogP contribution in [0.2, 0.25) is 5.02 Å². The largest absolute Gasteiger partial charge is 0.352 e. The Bertz CT molecular complexity index is 823. The van der Waals surface area contributed by atoms with Gasteiger partial charge in [-0.2, -0.15) is 0 Å². The van der Waals surface area contributed by atoms with Crippen molar-refractivity contribution in [2.24, 2.45) is 0 Å². The van der Waals surface area contributed by atoms with Gasteiger partial charge < -0.3 is 10.2 Å². The zero-order valence-electron chi connectivity index (χ0n) is 17.4. The maximum absolute atomic E-state index is 13.1. The summed E-state index contributed by atoms with van der Waals surface area (Å²) in [6.45, 7) is 2.21. The summed E-state index contributed by atoms with van der Waals surface area (Å²) in [5.74, 6) is 1.00. The van der Waals surface area contributed by atoms with Gasteiger partial charge in [0.1, 0.15) is 6.04 Å². The van der Waals surface area contributed by atoms with Crippen LogP contribution in [0.3, 0.4) is 0 Å². The number of thioether (sulfide) groups is 1. The topological polar surface area (TPSA) is 49.4 Å². The van der Waals surface area contributed by atoms with Gasteiger partial charge >= 0.3 is 0 Å². The molecule has 1 atom stereocenters. The fourth-order valence-electron chi connectivity index (χ4n) is 3.67. The molecule has 0 heterocycles. The van der Waals surface area contributed by atoms with Gasteiger partial charge in [-0.15, -0.1) is 11.8 Å². The minimum absolute atomic E-state index is 0.0278. The highest BCUT2D eigenvalue weighted by atomic mass is 35.5. The standard InChI is InChI=1S/C24H29ClN2O2S/c1-18(24(29)26-22-9-5-6-10-22)27(15-19-11-13-21(25)14-12-19)23(28)17-30-16-20-7-3-2-4-8-20/h2-4,7-8,11-14,18,22H,5-6,9-10,15-17H2,1H3,(H,26,29). The van der Waals surface area contributed by atoms with Crippen LogP contribution >= 0.6 is 23.4 Å². The maximum Gasteiger partial charge on any atom is 0.242 e. The van der Waals surface area contributed by atoms with Crippen molar-refractivity contribution in [3.8, 4) is 0 Å². The summed E-state index contributed by atoms with van der Waals surface area (Å²) in [6.07, 6.45) is 4.36. The van der Waals surface area contributed by atoms with E-state index >= 15 is 0 Å². The van der Waals surface area contributed by atoms with Crippen LogP contribution in [0.4, 0.5) is 0 Å². The van der Waals surface area contributed by atoms with Gasteiger partial charge in [-0.1, -0.05) is 66.9 Å². The number of nitrogens with one attached hydrogen (secondary N) is 1. The number of nitrogens with zero attached hydrogens (tertiary/aromatic N) is 1. The van der Waals surface area contributed by atoms with Crippen LogP contribution in [0, 0.1) is 0 Å². The normalized spacial score (nSPS) is 15.0. The van der Waals surface area contributed by atoms with Crippen molar-refractivity contribution < 1.29 is 9.59 Å². The monoisotopic (exact) mass is 444 g/mol. The van der Waals surface area contributed by atoms with E-state index in [0.29, 0.717) is 17.3 Å². The maximum atomic E-state index is 13.1. The van der Waals surface area contributed by atoms with Crippen LogP contribution in [0.1, 0.15) is 43.7 Å². The molecule has 2 amide bonds. The van der Waals surface area contributed by atoms with E-state index in [1.54, 1.807) is 16.7 Å². The Morgan fingerprint density at radius 2 is 1.73 bits per heavy atom. The van der Waals surface area contributed by atoms with Crippen LogP contribution in [-0.2, 0) is 21.9 Å². The summed E-state index contributed by atoms with van der Waals surface area (Å²) in [5.41, 5.74) is 2.15. The highest BCUT2D eigenvalue weighted by molar-refractivity contribution is 7.99. The average Bonchev–Trinajstić information content (AvgIpc) is 3.26. The number of rotatable bonds is 9. The highest BCUT2D eigenvalue weighted by Crippen LogP contribution is 2.20. The second-order valence-electron chi connectivity index (χ2n) is 7.79. The lowest BCUT2D eigenvalue weighted by molar-refractivity contribution is -0.138. The first-order valence-electron chi connectivity index (χ1n) is 10.5. The molecule has 0 radical (unpaired) electrons. The van der Waals surface area contributed by atoms with E-state index in [-0.39, 0.29) is 17.9 Å². The summed E-state index contributed by atoms with van der Waals surface area (Å²) in [6, 6.07) is 17.2. The Kier molecular flexibility index (Phi) is 8.64. The Balaban J connectivity index is 1.64. The van der Waals surface area contributed by atoms with Crippen LogP contribution in [-0.4, -0.2) is 34.6 Å². The molecule has 1 saturated carbocycles. The Hall–Kier alpha value is -1.98. The molecule has 0 spiro atoms. The van der Waals surface area contributed by atoms with E-state index in [9.17, 15) is 9.59 Å². The number of hydrogen-bond donors (Lipinski definition) is 1. The molecule has 3 rings (SSSR count). The number of carbonyl (C=O) groups is 2. The first-order valence-corrected chi connectivity index (χ1v) is 12.0. The van der Waals surface area contributed by atoms with E-state index in [0.717, 1.165) is 37.0 Å². The number of carbonyl (C=O) groups excluding carboxylic acids is 2. The fourth-order valence-corrected chi connectivity index (χ4v) is 4.67. The van der Waals surface area contributed by atoms with Crippen molar-refractivity contribution in [1.82, 2.24) is 10.2 Å². The van der Waals surface area contributed by atoms with Crippen molar-refractivity contribution >= 4 is 35.2 Å². The van der Waals surface area contributed by atoms with Gasteiger partial charge in [-0.3, -0.25) is 9.59 Å². The van der Waals surface area contributed by atoms with E-state index < -0.39 is 6.04 Å². The molecule has 4 nitrogen and oxygen atoms in total. The number of hydrogen-bond acceptors (Lipinski definition) is 3. The van der Waals surface area contributed by atoms with E-state index in [2.05, 4.69) is 17.4 Å². The van der Waals surface area contributed by atoms with Crippen LogP contribution in [0.15, 0.2) is 54.6 Å². The van der Waals surface area contributed by atoms with Crippen molar-refractivity contribution in [3.63, 3.8) is 0 Å². The van der Waals surface area contributed by atoms with Gasteiger partial charge in [0.25, 0.3) is 0 Å². The van der Waals surface area contributed by atoms with E-state index in [1.807, 2.05) is 49.4 Å². The minimum atomic E-state index is -0.522. The quantitative estimate of drug-likeness (QED) is 0.588. The van der Waals surface area contributed by atoms with Crippen molar-refractivity contribution in [2.45, 2.75) is 57.0 Å². The van der Waals surface area contributed by atoms with Crippen molar-refractivity contribution in [3.05, 3.63) is 70.7 Å². The third-order valence-corrected chi connectivity index (χ3v) is 6.71. The molecule has 160 valence electrons. The molecular formula is C24H29ClN2O2S. The summed E-state index contributed by atoms with van der Waals surface area (Å²) in [5, 5.41) is 3.78. The Morgan fingerprint density at radius 3 is 2.40 bits per heavy atom. The third kappa shape index (κ3) is 6.78. The predicted octanol–water partition coefficient (Wildman–Crippen LogP) is 5.05. The third-order valence-electron chi connectivity index (χ3n) is 5.47. The SMILES string of the molecule is CC(C(=O)NC1CCCC1)N(Cc1ccc(Cl)cc1)C(=O)CSCc1ccccc1. The summed E-state index contributed by atoms with van der Waals surface area (Å²) in [4.78, 5) is 27.6. The Morgan fingerprint density at radius 1 is 1.07 bits per heavy atom. The number of amides is 2. The van der Waals surface area contributed by atoms with Gasteiger partial charge in [0.05, 0.1) is 5.75 Å². The second-order valence-corrected chi connectivity index (χ2v) is 9.21. The highest BCUT2D eigenvalue weighted by Gasteiger charge is 2.28.